The summed E-state index contributed by atoms with van der Waals surface area (Å²) >= 11 is 0. The Morgan fingerprint density at radius 3 is 2.32 bits per heavy atom. The SMILES string of the molecule is CCN(CC)S(=O)(=O)c1ccc(C(C)NCc2cccc(OCc3cccc(C#N)c3)c2)cc1. The van der Waals surface area contributed by atoms with Gasteiger partial charge in [0, 0.05) is 25.7 Å². The lowest BCUT2D eigenvalue weighted by Crippen LogP contribution is -2.30. The van der Waals surface area contributed by atoms with Crippen molar-refractivity contribution in [1.82, 2.24) is 9.62 Å². The van der Waals surface area contributed by atoms with Gasteiger partial charge >= 0.3 is 0 Å². The molecule has 3 aromatic rings. The lowest BCUT2D eigenvalue weighted by molar-refractivity contribution is 0.306. The molecule has 0 fully saturated rings. The molecule has 0 heterocycles. The van der Waals surface area contributed by atoms with Crippen molar-refractivity contribution in [2.75, 3.05) is 13.1 Å². The van der Waals surface area contributed by atoms with E-state index in [4.69, 9.17) is 10.00 Å². The van der Waals surface area contributed by atoms with Crippen LogP contribution in [0.15, 0.2) is 77.7 Å². The first-order chi connectivity index (χ1) is 16.4. The number of nitrogens with one attached hydrogen (secondary N) is 1. The van der Waals surface area contributed by atoms with Crippen molar-refractivity contribution in [2.24, 2.45) is 0 Å². The molecule has 34 heavy (non-hydrogen) atoms. The number of hydrogen-bond donors (Lipinski definition) is 1. The zero-order valence-electron chi connectivity index (χ0n) is 19.9. The predicted molar refractivity (Wildman–Crippen MR) is 134 cm³/mol. The van der Waals surface area contributed by atoms with Crippen LogP contribution in [0, 0.1) is 11.3 Å². The van der Waals surface area contributed by atoms with Crippen molar-refractivity contribution in [3.63, 3.8) is 0 Å². The van der Waals surface area contributed by atoms with Crippen LogP contribution in [0.3, 0.4) is 0 Å². The minimum Gasteiger partial charge on any atom is -0.489 e. The van der Waals surface area contributed by atoms with Crippen LogP contribution in [0.25, 0.3) is 0 Å². The third kappa shape index (κ3) is 6.45. The molecule has 0 saturated heterocycles. The monoisotopic (exact) mass is 477 g/mol. The topological polar surface area (TPSA) is 82.4 Å². The van der Waals surface area contributed by atoms with Crippen molar-refractivity contribution in [2.45, 2.75) is 44.9 Å². The van der Waals surface area contributed by atoms with E-state index < -0.39 is 10.0 Å². The average molecular weight is 478 g/mol. The Labute approximate surface area is 202 Å². The second-order valence-corrected chi connectivity index (χ2v) is 9.95. The minimum atomic E-state index is -3.45. The molecule has 0 aliphatic carbocycles. The van der Waals surface area contributed by atoms with Crippen molar-refractivity contribution in [3.8, 4) is 11.8 Å². The average Bonchev–Trinajstić information content (AvgIpc) is 2.87. The highest BCUT2D eigenvalue weighted by Gasteiger charge is 2.21. The second kappa shape index (κ2) is 11.8. The van der Waals surface area contributed by atoms with Gasteiger partial charge in [-0.25, -0.2) is 8.42 Å². The number of rotatable bonds is 11. The third-order valence-corrected chi connectivity index (χ3v) is 7.76. The predicted octanol–water partition coefficient (Wildman–Crippen LogP) is 5.02. The Kier molecular flexibility index (Phi) is 8.83. The number of ether oxygens (including phenoxy) is 1. The van der Waals surface area contributed by atoms with E-state index in [1.54, 1.807) is 18.2 Å². The minimum absolute atomic E-state index is 0.0449. The summed E-state index contributed by atoms with van der Waals surface area (Å²) in [4.78, 5) is 0.317. The zero-order valence-corrected chi connectivity index (χ0v) is 20.7. The Balaban J connectivity index is 1.58. The van der Waals surface area contributed by atoms with Gasteiger partial charge in [0.25, 0.3) is 0 Å². The van der Waals surface area contributed by atoms with Crippen molar-refractivity contribution in [3.05, 3.63) is 95.1 Å². The molecule has 1 N–H and O–H groups in total. The molecule has 3 rings (SSSR count). The van der Waals surface area contributed by atoms with Gasteiger partial charge in [-0.15, -0.1) is 0 Å². The zero-order chi connectivity index (χ0) is 24.6. The maximum atomic E-state index is 12.7. The van der Waals surface area contributed by atoms with Crippen LogP contribution in [0.2, 0.25) is 0 Å². The number of hydrogen-bond acceptors (Lipinski definition) is 5. The van der Waals surface area contributed by atoms with E-state index in [2.05, 4.69) is 18.3 Å². The van der Waals surface area contributed by atoms with E-state index in [0.29, 0.717) is 36.7 Å². The van der Waals surface area contributed by atoms with Gasteiger partial charge in [0.1, 0.15) is 12.4 Å². The van der Waals surface area contributed by atoms with Crippen LogP contribution in [-0.2, 0) is 23.2 Å². The van der Waals surface area contributed by atoms with E-state index in [1.165, 1.54) is 4.31 Å². The molecule has 0 aromatic heterocycles. The normalized spacial score (nSPS) is 12.3. The van der Waals surface area contributed by atoms with Crippen molar-refractivity contribution < 1.29 is 13.2 Å². The lowest BCUT2D eigenvalue weighted by Gasteiger charge is -2.19. The summed E-state index contributed by atoms with van der Waals surface area (Å²) in [6.45, 7) is 7.67. The number of nitrogens with zero attached hydrogens (tertiary/aromatic N) is 2. The summed E-state index contributed by atoms with van der Waals surface area (Å²) in [5.74, 6) is 0.764. The van der Waals surface area contributed by atoms with Crippen molar-refractivity contribution >= 4 is 10.0 Å². The lowest BCUT2D eigenvalue weighted by atomic mass is 10.1. The molecule has 1 unspecified atom stereocenters. The Bertz CT molecular complexity index is 1230. The molecular weight excluding hydrogens is 446 g/mol. The quantitative estimate of drug-likeness (QED) is 0.419. The fourth-order valence-corrected chi connectivity index (χ4v) is 5.13. The molecular formula is C27H31N3O3S. The van der Waals surface area contributed by atoms with Crippen LogP contribution in [0.1, 0.15) is 49.1 Å². The summed E-state index contributed by atoms with van der Waals surface area (Å²) in [6.07, 6.45) is 0. The maximum Gasteiger partial charge on any atom is 0.243 e. The first-order valence-electron chi connectivity index (χ1n) is 11.4. The fraction of sp³-hybridized carbons (Fsp3) is 0.296. The van der Waals surface area contributed by atoms with Crippen LogP contribution in [0.5, 0.6) is 5.75 Å². The Morgan fingerprint density at radius 1 is 0.971 bits per heavy atom. The smallest absolute Gasteiger partial charge is 0.243 e. The molecule has 6 nitrogen and oxygen atoms in total. The maximum absolute atomic E-state index is 12.7. The highest BCUT2D eigenvalue weighted by atomic mass is 32.2. The standard InChI is InChI=1S/C27H31N3O3S/c1-4-30(5-2)34(31,32)27-14-12-25(13-15-27)21(3)29-19-23-9-7-11-26(17-23)33-20-24-10-6-8-22(16-24)18-28/h6-17,21,29H,4-5,19-20H2,1-3H3. The van der Waals surface area contributed by atoms with Gasteiger partial charge in [0.05, 0.1) is 16.5 Å². The molecule has 0 aliphatic rings. The van der Waals surface area contributed by atoms with Gasteiger partial charge < -0.3 is 10.1 Å². The Hall–Kier alpha value is -3.18. The highest BCUT2D eigenvalue weighted by molar-refractivity contribution is 7.89. The summed E-state index contributed by atoms with van der Waals surface area (Å²) in [5, 5.41) is 12.5. The molecule has 3 aromatic carbocycles. The largest absolute Gasteiger partial charge is 0.489 e. The summed E-state index contributed by atoms with van der Waals surface area (Å²) < 4.78 is 32.7. The molecule has 0 amide bonds. The van der Waals surface area contributed by atoms with Gasteiger partial charge in [0.2, 0.25) is 10.0 Å². The second-order valence-electron chi connectivity index (χ2n) is 8.01. The van der Waals surface area contributed by atoms with E-state index in [-0.39, 0.29) is 6.04 Å². The molecule has 0 spiro atoms. The van der Waals surface area contributed by atoms with Crippen LogP contribution < -0.4 is 10.1 Å². The van der Waals surface area contributed by atoms with Gasteiger partial charge in [-0.1, -0.05) is 50.2 Å². The molecule has 0 aliphatic heterocycles. The number of benzene rings is 3. The molecule has 0 saturated carbocycles. The first kappa shape index (κ1) is 25.4. The fourth-order valence-electron chi connectivity index (χ4n) is 3.67. The van der Waals surface area contributed by atoms with E-state index in [1.807, 2.05) is 68.4 Å². The third-order valence-electron chi connectivity index (χ3n) is 5.70. The van der Waals surface area contributed by atoms with Gasteiger partial charge in [-0.2, -0.15) is 9.57 Å². The first-order valence-corrected chi connectivity index (χ1v) is 12.9. The molecule has 1 atom stereocenters. The summed E-state index contributed by atoms with van der Waals surface area (Å²) in [7, 11) is -3.45. The van der Waals surface area contributed by atoms with E-state index in [9.17, 15) is 8.42 Å². The van der Waals surface area contributed by atoms with Crippen molar-refractivity contribution in [1.29, 1.82) is 5.26 Å². The number of sulfonamides is 1. The van der Waals surface area contributed by atoms with Crippen LogP contribution in [-0.4, -0.2) is 25.8 Å². The molecule has 178 valence electrons. The van der Waals surface area contributed by atoms with Crippen LogP contribution >= 0.6 is 0 Å². The molecule has 7 heteroatoms. The van der Waals surface area contributed by atoms with Gasteiger partial charge in [0.15, 0.2) is 0 Å². The molecule has 0 bridgehead atoms. The highest BCUT2D eigenvalue weighted by Crippen LogP contribution is 2.21. The van der Waals surface area contributed by atoms with Crippen LogP contribution in [0.4, 0.5) is 0 Å². The summed E-state index contributed by atoms with van der Waals surface area (Å²) in [5.41, 5.74) is 3.66. The number of nitriles is 1. The Morgan fingerprint density at radius 2 is 1.65 bits per heavy atom. The van der Waals surface area contributed by atoms with Gasteiger partial charge in [-0.05, 0) is 60.0 Å². The van der Waals surface area contributed by atoms with E-state index >= 15 is 0 Å². The summed E-state index contributed by atoms with van der Waals surface area (Å²) in [6, 6.07) is 24.5. The van der Waals surface area contributed by atoms with E-state index in [0.717, 1.165) is 22.4 Å². The molecule has 0 radical (unpaired) electrons. The van der Waals surface area contributed by atoms with Gasteiger partial charge in [-0.3, -0.25) is 0 Å².